The molecule has 0 radical (unpaired) electrons. The Morgan fingerprint density at radius 2 is 2.47 bits per heavy atom. The fraction of sp³-hybridized carbons (Fsp3) is 0.538. The molecule has 1 fully saturated rings. The SMILES string of the molecule is COCC1CCN(Cc2ccc(C(=O)NN)cn2)C1. The van der Waals surface area contributed by atoms with Crippen LogP contribution in [0.15, 0.2) is 18.3 Å². The first-order valence-electron chi connectivity index (χ1n) is 6.40. The van der Waals surface area contributed by atoms with Crippen LogP contribution in [0.25, 0.3) is 0 Å². The Morgan fingerprint density at radius 3 is 3.11 bits per heavy atom. The normalized spacial score (nSPS) is 19.6. The van der Waals surface area contributed by atoms with Crippen LogP contribution < -0.4 is 11.3 Å². The lowest BCUT2D eigenvalue weighted by atomic mass is 10.1. The molecular formula is C13H20N4O2. The number of rotatable bonds is 5. The van der Waals surface area contributed by atoms with Gasteiger partial charge in [0.2, 0.25) is 0 Å². The van der Waals surface area contributed by atoms with Crippen LogP contribution in [-0.4, -0.2) is 42.6 Å². The number of aromatic nitrogens is 1. The van der Waals surface area contributed by atoms with Crippen molar-refractivity contribution >= 4 is 5.91 Å². The lowest BCUT2D eigenvalue weighted by molar-refractivity contribution is 0.0953. The Labute approximate surface area is 112 Å². The van der Waals surface area contributed by atoms with E-state index < -0.39 is 0 Å². The largest absolute Gasteiger partial charge is 0.384 e. The molecule has 1 atom stereocenters. The third-order valence-corrected chi connectivity index (χ3v) is 3.38. The summed E-state index contributed by atoms with van der Waals surface area (Å²) in [6.07, 6.45) is 2.72. The molecule has 1 amide bonds. The standard InChI is InChI=1S/C13H20N4O2/c1-19-9-10-4-5-17(7-10)8-12-3-2-11(6-15-12)13(18)16-14/h2-3,6,10H,4-5,7-9,14H2,1H3,(H,16,18). The Hall–Kier alpha value is -1.50. The summed E-state index contributed by atoms with van der Waals surface area (Å²) in [5.41, 5.74) is 3.53. The van der Waals surface area contributed by atoms with E-state index in [1.165, 1.54) is 6.42 Å². The number of pyridine rings is 1. The molecule has 0 aromatic carbocycles. The first kappa shape index (κ1) is 13.9. The number of likely N-dealkylation sites (tertiary alicyclic amines) is 1. The molecule has 6 heteroatoms. The van der Waals surface area contributed by atoms with Crippen molar-refractivity contribution in [3.8, 4) is 0 Å². The van der Waals surface area contributed by atoms with Gasteiger partial charge >= 0.3 is 0 Å². The van der Waals surface area contributed by atoms with Crippen LogP contribution in [0.4, 0.5) is 0 Å². The van der Waals surface area contributed by atoms with Crippen LogP contribution >= 0.6 is 0 Å². The van der Waals surface area contributed by atoms with E-state index in [4.69, 9.17) is 10.6 Å². The molecule has 0 saturated carbocycles. The average Bonchev–Trinajstić information content (AvgIpc) is 2.86. The Morgan fingerprint density at radius 1 is 1.63 bits per heavy atom. The van der Waals surface area contributed by atoms with E-state index in [-0.39, 0.29) is 5.91 Å². The van der Waals surface area contributed by atoms with Crippen molar-refractivity contribution in [2.75, 3.05) is 26.8 Å². The molecule has 6 nitrogen and oxygen atoms in total. The second kappa shape index (κ2) is 6.60. The Bertz CT molecular complexity index is 421. The summed E-state index contributed by atoms with van der Waals surface area (Å²) in [5.74, 6) is 5.37. The van der Waals surface area contributed by atoms with Gasteiger partial charge in [0.25, 0.3) is 5.91 Å². The second-order valence-electron chi connectivity index (χ2n) is 4.86. The number of hydrogen-bond donors (Lipinski definition) is 2. The zero-order valence-corrected chi connectivity index (χ0v) is 11.1. The van der Waals surface area contributed by atoms with E-state index in [1.54, 1.807) is 19.4 Å². The molecule has 19 heavy (non-hydrogen) atoms. The van der Waals surface area contributed by atoms with Gasteiger partial charge in [0.1, 0.15) is 0 Å². The summed E-state index contributed by atoms with van der Waals surface area (Å²) in [6, 6.07) is 3.61. The fourth-order valence-corrected chi connectivity index (χ4v) is 2.39. The maximum absolute atomic E-state index is 11.3. The first-order chi connectivity index (χ1) is 9.22. The molecule has 3 N–H and O–H groups in total. The van der Waals surface area contributed by atoms with E-state index in [1.807, 2.05) is 6.07 Å². The smallest absolute Gasteiger partial charge is 0.266 e. The van der Waals surface area contributed by atoms with Gasteiger partial charge in [0, 0.05) is 26.4 Å². The maximum Gasteiger partial charge on any atom is 0.266 e. The fourth-order valence-electron chi connectivity index (χ4n) is 2.39. The molecule has 2 rings (SSSR count). The van der Waals surface area contributed by atoms with Crippen molar-refractivity contribution in [2.24, 2.45) is 11.8 Å². The van der Waals surface area contributed by atoms with Crippen LogP contribution in [-0.2, 0) is 11.3 Å². The number of methoxy groups -OCH3 is 1. The van der Waals surface area contributed by atoms with Crippen molar-refractivity contribution in [3.05, 3.63) is 29.6 Å². The molecule has 1 aliphatic heterocycles. The molecule has 1 aliphatic rings. The quantitative estimate of drug-likeness (QED) is 0.449. The molecule has 0 spiro atoms. The van der Waals surface area contributed by atoms with Gasteiger partial charge in [0.05, 0.1) is 17.9 Å². The molecule has 1 aromatic heterocycles. The summed E-state index contributed by atoms with van der Waals surface area (Å²) >= 11 is 0. The van der Waals surface area contributed by atoms with E-state index >= 15 is 0 Å². The topological polar surface area (TPSA) is 80.5 Å². The molecular weight excluding hydrogens is 244 g/mol. The van der Waals surface area contributed by atoms with E-state index in [2.05, 4.69) is 15.3 Å². The number of carbonyl (C=O) groups excluding carboxylic acids is 1. The van der Waals surface area contributed by atoms with Crippen molar-refractivity contribution < 1.29 is 9.53 Å². The van der Waals surface area contributed by atoms with Gasteiger partial charge in [-0.3, -0.25) is 20.1 Å². The third kappa shape index (κ3) is 3.73. The number of nitrogens with one attached hydrogen (secondary N) is 1. The first-order valence-corrected chi connectivity index (χ1v) is 6.40. The number of hydrogen-bond acceptors (Lipinski definition) is 5. The highest BCUT2D eigenvalue weighted by Gasteiger charge is 2.22. The summed E-state index contributed by atoms with van der Waals surface area (Å²) < 4.78 is 5.18. The predicted octanol–water partition coefficient (Wildman–Crippen LogP) is 0.153. The maximum atomic E-state index is 11.3. The van der Waals surface area contributed by atoms with Gasteiger partial charge in [-0.15, -0.1) is 0 Å². The minimum absolute atomic E-state index is 0.319. The summed E-state index contributed by atoms with van der Waals surface area (Å²) in [4.78, 5) is 17.9. The second-order valence-corrected chi connectivity index (χ2v) is 4.86. The van der Waals surface area contributed by atoms with Gasteiger partial charge in [-0.25, -0.2) is 5.84 Å². The van der Waals surface area contributed by atoms with Crippen LogP contribution in [0.2, 0.25) is 0 Å². The van der Waals surface area contributed by atoms with Crippen molar-refractivity contribution in [2.45, 2.75) is 13.0 Å². The minimum Gasteiger partial charge on any atom is -0.384 e. The minimum atomic E-state index is -0.319. The van der Waals surface area contributed by atoms with Crippen molar-refractivity contribution in [1.82, 2.24) is 15.3 Å². The Kier molecular flexibility index (Phi) is 4.84. The summed E-state index contributed by atoms with van der Waals surface area (Å²) in [6.45, 7) is 3.74. The number of nitrogen functional groups attached to an aromatic ring is 1. The van der Waals surface area contributed by atoms with Crippen molar-refractivity contribution in [1.29, 1.82) is 0 Å². The average molecular weight is 264 g/mol. The monoisotopic (exact) mass is 264 g/mol. The van der Waals surface area contributed by atoms with Crippen molar-refractivity contribution in [3.63, 3.8) is 0 Å². The van der Waals surface area contributed by atoms with Gasteiger partial charge in [0.15, 0.2) is 0 Å². The highest BCUT2D eigenvalue weighted by atomic mass is 16.5. The molecule has 1 aromatic rings. The van der Waals surface area contributed by atoms with Crippen LogP contribution in [0.1, 0.15) is 22.5 Å². The van der Waals surface area contributed by atoms with E-state index in [9.17, 15) is 4.79 Å². The predicted molar refractivity (Wildman–Crippen MR) is 71.2 cm³/mol. The van der Waals surface area contributed by atoms with Gasteiger partial charge < -0.3 is 4.74 Å². The van der Waals surface area contributed by atoms with Crippen LogP contribution in [0, 0.1) is 5.92 Å². The molecule has 0 bridgehead atoms. The summed E-state index contributed by atoms with van der Waals surface area (Å²) in [5, 5.41) is 0. The molecule has 0 aliphatic carbocycles. The zero-order chi connectivity index (χ0) is 13.7. The van der Waals surface area contributed by atoms with Gasteiger partial charge in [-0.1, -0.05) is 0 Å². The Balaban J connectivity index is 1.88. The molecule has 1 saturated heterocycles. The highest BCUT2D eigenvalue weighted by Crippen LogP contribution is 2.18. The van der Waals surface area contributed by atoms with Crippen LogP contribution in [0.3, 0.4) is 0 Å². The third-order valence-electron chi connectivity index (χ3n) is 3.38. The number of nitrogens with two attached hydrogens (primary N) is 1. The highest BCUT2D eigenvalue weighted by molar-refractivity contribution is 5.93. The lowest BCUT2D eigenvalue weighted by Gasteiger charge is -2.15. The molecule has 104 valence electrons. The summed E-state index contributed by atoms with van der Waals surface area (Å²) in [7, 11) is 1.74. The number of ether oxygens (including phenoxy) is 1. The number of amides is 1. The lowest BCUT2D eigenvalue weighted by Crippen LogP contribution is -2.30. The van der Waals surface area contributed by atoms with Gasteiger partial charge in [-0.05, 0) is 31.0 Å². The number of hydrazine groups is 1. The number of carbonyl (C=O) groups is 1. The molecule has 1 unspecified atom stereocenters. The van der Waals surface area contributed by atoms with Gasteiger partial charge in [-0.2, -0.15) is 0 Å². The van der Waals surface area contributed by atoms with Crippen LogP contribution in [0.5, 0.6) is 0 Å². The zero-order valence-electron chi connectivity index (χ0n) is 11.1. The van der Waals surface area contributed by atoms with E-state index in [0.717, 1.165) is 31.9 Å². The van der Waals surface area contributed by atoms with E-state index in [0.29, 0.717) is 11.5 Å². The molecule has 2 heterocycles. The number of nitrogens with zero attached hydrogens (tertiary/aromatic N) is 2.